The molecule has 2 rings (SSSR count). The van der Waals surface area contributed by atoms with Crippen molar-refractivity contribution >= 4 is 0 Å². The van der Waals surface area contributed by atoms with E-state index in [4.69, 9.17) is 4.74 Å². The van der Waals surface area contributed by atoms with Gasteiger partial charge < -0.3 is 9.30 Å². The van der Waals surface area contributed by atoms with Gasteiger partial charge in [0.1, 0.15) is 0 Å². The molecule has 0 radical (unpaired) electrons. The van der Waals surface area contributed by atoms with Gasteiger partial charge in [-0.15, -0.1) is 0 Å². The molecular formula is C8H9NO2. The summed E-state index contributed by atoms with van der Waals surface area (Å²) in [5, 5.41) is 0. The number of pyridine rings is 1. The minimum Gasteiger partial charge on any atom is -0.371 e. The molecule has 2 heterocycles. The minimum absolute atomic E-state index is 0.0444. The quantitative estimate of drug-likeness (QED) is 0.568. The fourth-order valence-corrected chi connectivity index (χ4v) is 1.00. The largest absolute Gasteiger partial charge is 0.371 e. The second kappa shape index (κ2) is 2.51. The van der Waals surface area contributed by atoms with Crippen LogP contribution in [0, 0.1) is 0 Å². The van der Waals surface area contributed by atoms with Crippen molar-refractivity contribution in [2.45, 2.75) is 12.6 Å². The van der Waals surface area contributed by atoms with Gasteiger partial charge in [-0.1, -0.05) is 6.07 Å². The van der Waals surface area contributed by atoms with E-state index in [-0.39, 0.29) is 11.7 Å². The van der Waals surface area contributed by atoms with E-state index >= 15 is 0 Å². The zero-order valence-corrected chi connectivity index (χ0v) is 6.06. The van der Waals surface area contributed by atoms with Crippen molar-refractivity contribution in [2.24, 2.45) is 0 Å². The molecule has 0 aliphatic carbocycles. The van der Waals surface area contributed by atoms with Crippen LogP contribution in [0.15, 0.2) is 29.2 Å². The van der Waals surface area contributed by atoms with Crippen LogP contribution in [0.4, 0.5) is 0 Å². The van der Waals surface area contributed by atoms with Crippen molar-refractivity contribution < 1.29 is 4.74 Å². The maximum atomic E-state index is 11.1. The average molecular weight is 151 g/mol. The molecular weight excluding hydrogens is 142 g/mol. The summed E-state index contributed by atoms with van der Waals surface area (Å²) < 4.78 is 6.67. The molecule has 1 aliphatic rings. The molecule has 1 aliphatic heterocycles. The van der Waals surface area contributed by atoms with Crippen LogP contribution < -0.4 is 5.56 Å². The van der Waals surface area contributed by atoms with Crippen LogP contribution >= 0.6 is 0 Å². The summed E-state index contributed by atoms with van der Waals surface area (Å²) in [5.74, 6) is 0. The summed E-state index contributed by atoms with van der Waals surface area (Å²) in [4.78, 5) is 11.1. The van der Waals surface area contributed by atoms with Crippen molar-refractivity contribution in [3.63, 3.8) is 0 Å². The highest BCUT2D eigenvalue weighted by molar-refractivity contribution is 4.94. The Bertz CT molecular complexity index is 301. The van der Waals surface area contributed by atoms with E-state index in [9.17, 15) is 4.79 Å². The molecule has 1 saturated heterocycles. The first-order chi connectivity index (χ1) is 5.36. The van der Waals surface area contributed by atoms with Crippen molar-refractivity contribution in [3.8, 4) is 0 Å². The lowest BCUT2D eigenvalue weighted by molar-refractivity contribution is 0.380. The third-order valence-corrected chi connectivity index (χ3v) is 1.70. The number of ether oxygens (including phenoxy) is 1. The number of aromatic nitrogens is 1. The van der Waals surface area contributed by atoms with Crippen molar-refractivity contribution in [1.82, 2.24) is 4.57 Å². The second-order valence-electron chi connectivity index (χ2n) is 2.65. The number of hydrogen-bond acceptors (Lipinski definition) is 2. The van der Waals surface area contributed by atoms with Crippen LogP contribution in [0.5, 0.6) is 0 Å². The molecule has 58 valence electrons. The van der Waals surface area contributed by atoms with E-state index in [1.807, 2.05) is 6.07 Å². The first-order valence-electron chi connectivity index (χ1n) is 3.63. The molecule has 0 spiro atoms. The fraction of sp³-hybridized carbons (Fsp3) is 0.375. The normalized spacial score (nSPS) is 21.6. The third kappa shape index (κ3) is 1.49. The second-order valence-corrected chi connectivity index (χ2v) is 2.65. The van der Waals surface area contributed by atoms with Gasteiger partial charge in [0.05, 0.1) is 19.3 Å². The molecule has 3 heteroatoms. The lowest BCUT2D eigenvalue weighted by atomic mass is 10.4. The highest BCUT2D eigenvalue weighted by atomic mass is 16.6. The smallest absolute Gasteiger partial charge is 0.250 e. The van der Waals surface area contributed by atoms with Crippen molar-refractivity contribution in [3.05, 3.63) is 34.7 Å². The standard InChI is InChI=1S/C8H9NO2/c10-8-3-1-2-4-9(8)5-7-6-11-7/h1-4,7H,5-6H2/t7-/m0/s1. The minimum atomic E-state index is 0.0444. The van der Waals surface area contributed by atoms with Gasteiger partial charge in [0.15, 0.2) is 0 Å². The predicted molar refractivity (Wildman–Crippen MR) is 40.4 cm³/mol. The van der Waals surface area contributed by atoms with E-state index in [1.54, 1.807) is 22.9 Å². The van der Waals surface area contributed by atoms with Gasteiger partial charge >= 0.3 is 0 Å². The third-order valence-electron chi connectivity index (χ3n) is 1.70. The number of hydrogen-bond donors (Lipinski definition) is 0. The molecule has 11 heavy (non-hydrogen) atoms. The van der Waals surface area contributed by atoms with Gasteiger partial charge in [-0.25, -0.2) is 0 Å². The molecule has 0 saturated carbocycles. The van der Waals surface area contributed by atoms with E-state index in [1.165, 1.54) is 0 Å². The van der Waals surface area contributed by atoms with Crippen molar-refractivity contribution in [1.29, 1.82) is 0 Å². The Morgan fingerprint density at radius 3 is 3.09 bits per heavy atom. The molecule has 1 aromatic rings. The van der Waals surface area contributed by atoms with E-state index in [0.29, 0.717) is 6.54 Å². The van der Waals surface area contributed by atoms with Crippen LogP contribution in [-0.4, -0.2) is 17.3 Å². The Labute approximate surface area is 64.2 Å². The Balaban J connectivity index is 2.21. The molecule has 0 unspecified atom stereocenters. The number of nitrogens with zero attached hydrogens (tertiary/aromatic N) is 1. The van der Waals surface area contributed by atoms with E-state index in [0.717, 1.165) is 6.61 Å². The average Bonchev–Trinajstić information content (AvgIpc) is 2.78. The van der Waals surface area contributed by atoms with Gasteiger partial charge in [-0.05, 0) is 6.07 Å². The molecule has 0 bridgehead atoms. The van der Waals surface area contributed by atoms with E-state index in [2.05, 4.69) is 0 Å². The lowest BCUT2D eigenvalue weighted by Crippen LogP contribution is -2.20. The summed E-state index contributed by atoms with van der Waals surface area (Å²) in [6.07, 6.45) is 2.05. The molecule has 0 amide bonds. The topological polar surface area (TPSA) is 34.5 Å². The first-order valence-corrected chi connectivity index (χ1v) is 3.63. The zero-order chi connectivity index (χ0) is 7.68. The van der Waals surface area contributed by atoms with Gasteiger partial charge in [-0.2, -0.15) is 0 Å². The SMILES string of the molecule is O=c1ccccn1C[C@H]1CO1. The lowest BCUT2D eigenvalue weighted by Gasteiger charge is -1.99. The predicted octanol–water partition coefficient (Wildman–Crippen LogP) is 0.247. The first kappa shape index (κ1) is 6.61. The van der Waals surface area contributed by atoms with Gasteiger partial charge in [0, 0.05) is 12.3 Å². The Hall–Kier alpha value is -1.09. The Kier molecular flexibility index (Phi) is 1.51. The molecule has 1 aromatic heterocycles. The monoisotopic (exact) mass is 151 g/mol. The van der Waals surface area contributed by atoms with Gasteiger partial charge in [0.25, 0.3) is 5.56 Å². The molecule has 3 nitrogen and oxygen atoms in total. The number of epoxide rings is 1. The zero-order valence-electron chi connectivity index (χ0n) is 6.06. The van der Waals surface area contributed by atoms with Crippen LogP contribution in [0.1, 0.15) is 0 Å². The van der Waals surface area contributed by atoms with Gasteiger partial charge in [0.2, 0.25) is 0 Å². The van der Waals surface area contributed by atoms with Gasteiger partial charge in [-0.3, -0.25) is 4.79 Å². The summed E-state index contributed by atoms with van der Waals surface area (Å²) in [7, 11) is 0. The summed E-state index contributed by atoms with van der Waals surface area (Å²) in [6.45, 7) is 1.49. The van der Waals surface area contributed by atoms with Crippen LogP contribution in [0.25, 0.3) is 0 Å². The fourth-order valence-electron chi connectivity index (χ4n) is 1.00. The molecule has 0 aromatic carbocycles. The summed E-state index contributed by atoms with van der Waals surface area (Å²) in [6, 6.07) is 5.15. The molecule has 1 fully saturated rings. The number of rotatable bonds is 2. The van der Waals surface area contributed by atoms with E-state index < -0.39 is 0 Å². The maximum absolute atomic E-state index is 11.1. The maximum Gasteiger partial charge on any atom is 0.250 e. The highest BCUT2D eigenvalue weighted by Gasteiger charge is 2.22. The summed E-state index contributed by atoms with van der Waals surface area (Å²) in [5.41, 5.74) is 0.0444. The highest BCUT2D eigenvalue weighted by Crippen LogP contribution is 2.09. The van der Waals surface area contributed by atoms with Crippen molar-refractivity contribution in [2.75, 3.05) is 6.61 Å². The Morgan fingerprint density at radius 2 is 2.45 bits per heavy atom. The van der Waals surface area contributed by atoms with Crippen LogP contribution in [-0.2, 0) is 11.3 Å². The van der Waals surface area contributed by atoms with Crippen LogP contribution in [0.2, 0.25) is 0 Å². The van der Waals surface area contributed by atoms with Crippen LogP contribution in [0.3, 0.4) is 0 Å². The summed E-state index contributed by atoms with van der Waals surface area (Å²) >= 11 is 0. The molecule has 1 atom stereocenters. The molecule has 0 N–H and O–H groups in total. The Morgan fingerprint density at radius 1 is 1.64 bits per heavy atom.